The summed E-state index contributed by atoms with van der Waals surface area (Å²) < 4.78 is 11.6. The van der Waals surface area contributed by atoms with Crippen molar-refractivity contribution in [3.05, 3.63) is 47.0 Å². The van der Waals surface area contributed by atoms with Crippen molar-refractivity contribution < 1.29 is 13.9 Å². The Kier molecular flexibility index (Phi) is 3.95. The maximum absolute atomic E-state index is 12.2. The molecule has 142 valence electrons. The molecule has 7 heteroatoms. The van der Waals surface area contributed by atoms with E-state index in [0.29, 0.717) is 29.2 Å². The number of halogens is 1. The van der Waals surface area contributed by atoms with Crippen molar-refractivity contribution in [3.8, 4) is 0 Å². The molecule has 1 spiro atoms. The van der Waals surface area contributed by atoms with Crippen LogP contribution >= 0.6 is 11.6 Å². The number of anilines is 1. The molecule has 0 unspecified atom stereocenters. The molecule has 5 rings (SSSR count). The lowest BCUT2D eigenvalue weighted by atomic mass is 9.73. The van der Waals surface area contributed by atoms with Crippen LogP contribution in [0, 0.1) is 18.8 Å². The van der Waals surface area contributed by atoms with Crippen LogP contribution in [0.5, 0.6) is 0 Å². The maximum atomic E-state index is 12.2. The molecule has 5 heterocycles. The molecule has 27 heavy (non-hydrogen) atoms. The molecule has 1 N–H and O–H groups in total. The van der Waals surface area contributed by atoms with Gasteiger partial charge in [0, 0.05) is 31.5 Å². The van der Waals surface area contributed by atoms with E-state index in [-0.39, 0.29) is 17.6 Å². The molecule has 3 aliphatic heterocycles. The maximum Gasteiger partial charge on any atom is 0.286 e. The van der Waals surface area contributed by atoms with Crippen molar-refractivity contribution in [2.45, 2.75) is 31.5 Å². The fourth-order valence-corrected chi connectivity index (χ4v) is 5.16. The number of nitrogens with one attached hydrogen (secondary N) is 1. The number of amides is 1. The van der Waals surface area contributed by atoms with E-state index in [1.807, 2.05) is 19.1 Å². The van der Waals surface area contributed by atoms with E-state index < -0.39 is 0 Å². The summed E-state index contributed by atoms with van der Waals surface area (Å²) in [6.07, 6.45) is 3.88. The predicted octanol–water partition coefficient (Wildman–Crippen LogP) is 3.05. The van der Waals surface area contributed by atoms with Crippen LogP contribution in [0.15, 0.2) is 34.9 Å². The average molecular weight is 388 g/mol. The van der Waals surface area contributed by atoms with E-state index in [1.165, 1.54) is 6.26 Å². The molecule has 2 aromatic heterocycles. The lowest BCUT2D eigenvalue weighted by Crippen LogP contribution is -2.41. The van der Waals surface area contributed by atoms with Gasteiger partial charge in [-0.2, -0.15) is 0 Å². The Hall–Kier alpha value is -2.05. The van der Waals surface area contributed by atoms with Crippen LogP contribution in [-0.2, 0) is 4.74 Å². The van der Waals surface area contributed by atoms with Crippen molar-refractivity contribution in [1.82, 2.24) is 10.3 Å². The van der Waals surface area contributed by atoms with Crippen molar-refractivity contribution in [3.63, 3.8) is 0 Å². The van der Waals surface area contributed by atoms with Gasteiger partial charge in [-0.15, -0.1) is 0 Å². The molecule has 4 atom stereocenters. The van der Waals surface area contributed by atoms with E-state index >= 15 is 0 Å². The minimum atomic E-state index is -0.165. The fourth-order valence-electron chi connectivity index (χ4n) is 5.05. The Bertz CT molecular complexity index is 871. The Labute approximate surface area is 162 Å². The largest absolute Gasteiger partial charge is 0.459 e. The molecular formula is C20H22ClN3O3. The summed E-state index contributed by atoms with van der Waals surface area (Å²) in [5, 5.41) is 3.72. The van der Waals surface area contributed by atoms with Gasteiger partial charge < -0.3 is 19.4 Å². The number of nitrogens with zero attached hydrogens (tertiary/aromatic N) is 2. The number of aromatic nitrogens is 1. The third-order valence-electron chi connectivity index (χ3n) is 6.36. The van der Waals surface area contributed by atoms with Crippen LogP contribution < -0.4 is 10.2 Å². The van der Waals surface area contributed by atoms with Crippen molar-refractivity contribution in [2.75, 3.05) is 24.5 Å². The third-order valence-corrected chi connectivity index (χ3v) is 6.76. The number of hydrogen-bond donors (Lipinski definition) is 1. The van der Waals surface area contributed by atoms with Gasteiger partial charge in [0.05, 0.1) is 28.7 Å². The van der Waals surface area contributed by atoms with Crippen LogP contribution in [0.2, 0.25) is 5.02 Å². The summed E-state index contributed by atoms with van der Waals surface area (Å²) in [4.78, 5) is 19.2. The number of rotatable bonds is 4. The molecule has 0 aromatic carbocycles. The highest BCUT2D eigenvalue weighted by atomic mass is 35.5. The van der Waals surface area contributed by atoms with E-state index in [1.54, 1.807) is 12.1 Å². The highest BCUT2D eigenvalue weighted by Crippen LogP contribution is 2.55. The lowest BCUT2D eigenvalue weighted by molar-refractivity contribution is 0.0141. The second-order valence-corrected chi connectivity index (χ2v) is 8.24. The highest BCUT2D eigenvalue weighted by Gasteiger charge is 2.63. The van der Waals surface area contributed by atoms with Gasteiger partial charge in [0.25, 0.3) is 5.91 Å². The zero-order valence-corrected chi connectivity index (χ0v) is 15.9. The first kappa shape index (κ1) is 17.1. The molecule has 3 aliphatic rings. The Morgan fingerprint density at radius 1 is 1.44 bits per heavy atom. The van der Waals surface area contributed by atoms with Gasteiger partial charge in [0.15, 0.2) is 5.76 Å². The van der Waals surface area contributed by atoms with E-state index in [2.05, 4.69) is 15.2 Å². The lowest BCUT2D eigenvalue weighted by Gasteiger charge is -2.29. The standard InChI is InChI=1S/C20H22ClN3O3/c1-12-15(21)4-5-18(23-12)24-10-14-13(16-6-7-20(14,11-24)27-16)9-22-19(25)17-3-2-8-26-17/h2-5,8,13-14,16H,6-7,9-11H2,1H3,(H,22,25)/t13-,14+,16+,20+/m0/s1. The van der Waals surface area contributed by atoms with E-state index in [0.717, 1.165) is 37.4 Å². The van der Waals surface area contributed by atoms with Gasteiger partial charge >= 0.3 is 0 Å². The van der Waals surface area contributed by atoms with Gasteiger partial charge in [-0.3, -0.25) is 4.79 Å². The van der Waals surface area contributed by atoms with Gasteiger partial charge in [-0.05, 0) is 44.0 Å². The van der Waals surface area contributed by atoms with Crippen LogP contribution in [0.3, 0.4) is 0 Å². The highest BCUT2D eigenvalue weighted by molar-refractivity contribution is 6.31. The molecule has 0 aliphatic carbocycles. The molecule has 2 bridgehead atoms. The average Bonchev–Trinajstić information content (AvgIpc) is 3.42. The summed E-state index contributed by atoms with van der Waals surface area (Å²) in [6.45, 7) is 4.28. The zero-order valence-electron chi connectivity index (χ0n) is 15.2. The Balaban J connectivity index is 1.31. The van der Waals surface area contributed by atoms with E-state index in [9.17, 15) is 4.79 Å². The topological polar surface area (TPSA) is 67.6 Å². The van der Waals surface area contributed by atoms with Crippen LogP contribution in [0.25, 0.3) is 0 Å². The van der Waals surface area contributed by atoms with E-state index in [4.69, 9.17) is 20.8 Å². The number of ether oxygens (including phenoxy) is 1. The minimum absolute atomic E-state index is 0.111. The normalized spacial score (nSPS) is 31.3. The molecule has 1 amide bonds. The zero-order chi connectivity index (χ0) is 18.6. The van der Waals surface area contributed by atoms with Crippen molar-refractivity contribution in [1.29, 1.82) is 0 Å². The van der Waals surface area contributed by atoms with Crippen LogP contribution in [-0.4, -0.2) is 42.2 Å². The second kappa shape index (κ2) is 6.24. The molecule has 3 saturated heterocycles. The molecule has 2 aromatic rings. The first-order valence-corrected chi connectivity index (χ1v) is 9.81. The quantitative estimate of drug-likeness (QED) is 0.873. The first-order chi connectivity index (χ1) is 13.1. The fraction of sp³-hybridized carbons (Fsp3) is 0.500. The summed E-state index contributed by atoms with van der Waals surface area (Å²) in [7, 11) is 0. The number of aryl methyl sites for hydroxylation is 1. The van der Waals surface area contributed by atoms with Crippen LogP contribution in [0.1, 0.15) is 29.1 Å². The Morgan fingerprint density at radius 3 is 3.11 bits per heavy atom. The molecule has 6 nitrogen and oxygen atoms in total. The molecular weight excluding hydrogens is 366 g/mol. The second-order valence-electron chi connectivity index (χ2n) is 7.83. The number of fused-ring (bicyclic) bond motifs is 1. The third kappa shape index (κ3) is 2.74. The summed E-state index contributed by atoms with van der Waals surface area (Å²) in [6, 6.07) is 7.29. The number of furan rings is 1. The van der Waals surface area contributed by atoms with Gasteiger partial charge in [0.1, 0.15) is 5.82 Å². The number of carbonyl (C=O) groups excluding carboxylic acids is 1. The van der Waals surface area contributed by atoms with Crippen molar-refractivity contribution >= 4 is 23.3 Å². The van der Waals surface area contributed by atoms with Crippen molar-refractivity contribution in [2.24, 2.45) is 11.8 Å². The molecule has 0 saturated carbocycles. The number of carbonyl (C=O) groups is 1. The van der Waals surface area contributed by atoms with Gasteiger partial charge in [0.2, 0.25) is 0 Å². The van der Waals surface area contributed by atoms with Crippen LogP contribution in [0.4, 0.5) is 5.82 Å². The SMILES string of the molecule is Cc1nc(N2C[C@@H]3[C@H](CNC(=O)c4ccco4)[C@H]4CC[C@]3(C2)O4)ccc1Cl. The summed E-state index contributed by atoms with van der Waals surface area (Å²) in [5.74, 6) is 1.84. The summed E-state index contributed by atoms with van der Waals surface area (Å²) in [5.41, 5.74) is 0.733. The van der Waals surface area contributed by atoms with Gasteiger partial charge in [-0.1, -0.05) is 11.6 Å². The predicted molar refractivity (Wildman–Crippen MR) is 101 cm³/mol. The summed E-state index contributed by atoms with van der Waals surface area (Å²) >= 11 is 6.13. The smallest absolute Gasteiger partial charge is 0.286 e. The Morgan fingerprint density at radius 2 is 2.33 bits per heavy atom. The number of hydrogen-bond acceptors (Lipinski definition) is 5. The number of pyridine rings is 1. The van der Waals surface area contributed by atoms with Gasteiger partial charge in [-0.25, -0.2) is 4.98 Å². The first-order valence-electron chi connectivity index (χ1n) is 9.43. The molecule has 0 radical (unpaired) electrons. The minimum Gasteiger partial charge on any atom is -0.459 e. The monoisotopic (exact) mass is 387 g/mol. The molecule has 3 fully saturated rings.